The first kappa shape index (κ1) is 15.0. The highest BCUT2D eigenvalue weighted by Gasteiger charge is 2.14. The zero-order valence-electron chi connectivity index (χ0n) is 11.5. The molecule has 0 saturated heterocycles. The normalized spacial score (nSPS) is 12.2. The lowest BCUT2D eigenvalue weighted by Gasteiger charge is -2.19. The van der Waals surface area contributed by atoms with Gasteiger partial charge < -0.3 is 10.1 Å². The average molecular weight is 338 g/mol. The molecule has 2 aromatic carbocycles. The fourth-order valence-corrected chi connectivity index (χ4v) is 2.55. The zero-order chi connectivity index (χ0) is 14.5. The van der Waals surface area contributed by atoms with E-state index in [1.54, 1.807) is 6.07 Å². The Hall–Kier alpha value is -1.39. The second-order valence-corrected chi connectivity index (χ2v) is 5.32. The Morgan fingerprint density at radius 3 is 2.60 bits per heavy atom. The van der Waals surface area contributed by atoms with Gasteiger partial charge in [0.1, 0.15) is 17.3 Å². The van der Waals surface area contributed by atoms with Crippen LogP contribution in [0.4, 0.5) is 4.39 Å². The minimum absolute atomic E-state index is 0.227. The first-order valence-electron chi connectivity index (χ1n) is 6.54. The molecule has 1 N–H and O–H groups in total. The van der Waals surface area contributed by atoms with Crippen LogP contribution in [0, 0.1) is 5.82 Å². The molecule has 0 aliphatic heterocycles. The van der Waals surface area contributed by atoms with Crippen molar-refractivity contribution in [2.45, 2.75) is 19.4 Å². The summed E-state index contributed by atoms with van der Waals surface area (Å²) in [4.78, 5) is 0. The van der Waals surface area contributed by atoms with Crippen molar-refractivity contribution in [3.05, 3.63) is 58.3 Å². The lowest BCUT2D eigenvalue weighted by molar-refractivity contribution is 0.455. The van der Waals surface area contributed by atoms with Crippen molar-refractivity contribution in [2.75, 3.05) is 7.05 Å². The Labute approximate surface area is 127 Å². The first-order valence-corrected chi connectivity index (χ1v) is 7.34. The molecule has 2 nitrogen and oxygen atoms in total. The second kappa shape index (κ2) is 6.86. The summed E-state index contributed by atoms with van der Waals surface area (Å²) >= 11 is 3.32. The lowest BCUT2D eigenvalue weighted by atomic mass is 10.0. The highest BCUT2D eigenvalue weighted by atomic mass is 79.9. The van der Waals surface area contributed by atoms with Crippen LogP contribution in [0.1, 0.15) is 24.9 Å². The Morgan fingerprint density at radius 1 is 1.20 bits per heavy atom. The van der Waals surface area contributed by atoms with E-state index in [-0.39, 0.29) is 11.9 Å². The Balaban J connectivity index is 2.33. The SMILES string of the molecule is CCC(NC)c1ccccc1Oc1ccc(F)cc1Br. The molecule has 4 heteroatoms. The fraction of sp³-hybridized carbons (Fsp3) is 0.250. The van der Waals surface area contributed by atoms with Gasteiger partial charge in [-0.05, 0) is 53.7 Å². The number of hydrogen-bond acceptors (Lipinski definition) is 2. The van der Waals surface area contributed by atoms with Crippen LogP contribution in [0.5, 0.6) is 11.5 Å². The van der Waals surface area contributed by atoms with E-state index < -0.39 is 0 Å². The molecule has 0 fully saturated rings. The van der Waals surface area contributed by atoms with Crippen LogP contribution in [0.15, 0.2) is 46.9 Å². The van der Waals surface area contributed by atoms with E-state index in [2.05, 4.69) is 28.2 Å². The van der Waals surface area contributed by atoms with Gasteiger partial charge in [-0.3, -0.25) is 0 Å². The fourth-order valence-electron chi connectivity index (χ4n) is 2.12. The molecule has 0 bridgehead atoms. The molecule has 0 aliphatic carbocycles. The van der Waals surface area contributed by atoms with Crippen LogP contribution in [0.3, 0.4) is 0 Å². The predicted octanol–water partition coefficient (Wildman–Crippen LogP) is 5.05. The van der Waals surface area contributed by atoms with Gasteiger partial charge in [0.05, 0.1) is 4.47 Å². The van der Waals surface area contributed by atoms with Crippen LogP contribution >= 0.6 is 15.9 Å². The first-order chi connectivity index (χ1) is 9.65. The van der Waals surface area contributed by atoms with Gasteiger partial charge in [-0.1, -0.05) is 25.1 Å². The third kappa shape index (κ3) is 3.38. The molecule has 0 aliphatic rings. The Bertz CT molecular complexity index is 584. The summed E-state index contributed by atoms with van der Waals surface area (Å²) < 4.78 is 19.6. The van der Waals surface area contributed by atoms with Crippen LogP contribution in [-0.4, -0.2) is 7.05 Å². The van der Waals surface area contributed by atoms with E-state index in [0.717, 1.165) is 17.7 Å². The van der Waals surface area contributed by atoms with Crippen LogP contribution in [0.25, 0.3) is 0 Å². The molecule has 2 rings (SSSR count). The molecule has 20 heavy (non-hydrogen) atoms. The topological polar surface area (TPSA) is 21.3 Å². The van der Waals surface area contributed by atoms with Gasteiger partial charge in [0.2, 0.25) is 0 Å². The summed E-state index contributed by atoms with van der Waals surface area (Å²) in [5, 5.41) is 3.27. The lowest BCUT2D eigenvalue weighted by Crippen LogP contribution is -2.15. The number of benzene rings is 2. The van der Waals surface area contributed by atoms with Gasteiger partial charge >= 0.3 is 0 Å². The van der Waals surface area contributed by atoms with Gasteiger partial charge in [0.15, 0.2) is 0 Å². The summed E-state index contributed by atoms with van der Waals surface area (Å²) in [6.07, 6.45) is 0.960. The largest absolute Gasteiger partial charge is 0.456 e. The van der Waals surface area contributed by atoms with E-state index in [1.165, 1.54) is 12.1 Å². The van der Waals surface area contributed by atoms with Crippen molar-refractivity contribution < 1.29 is 9.13 Å². The summed E-state index contributed by atoms with van der Waals surface area (Å²) in [6.45, 7) is 2.12. The molecule has 0 radical (unpaired) electrons. The maximum absolute atomic E-state index is 13.1. The summed E-state index contributed by atoms with van der Waals surface area (Å²) in [5.41, 5.74) is 1.09. The van der Waals surface area contributed by atoms with Crippen molar-refractivity contribution in [2.24, 2.45) is 0 Å². The highest BCUT2D eigenvalue weighted by molar-refractivity contribution is 9.10. The van der Waals surface area contributed by atoms with Crippen molar-refractivity contribution in [1.82, 2.24) is 5.32 Å². The molecule has 0 spiro atoms. The van der Waals surface area contributed by atoms with Gasteiger partial charge in [-0.2, -0.15) is 0 Å². The number of rotatable bonds is 5. The number of hydrogen-bond donors (Lipinski definition) is 1. The molecular formula is C16H17BrFNO. The maximum Gasteiger partial charge on any atom is 0.141 e. The quantitative estimate of drug-likeness (QED) is 0.824. The van der Waals surface area contributed by atoms with Gasteiger partial charge in [-0.15, -0.1) is 0 Å². The number of ether oxygens (including phenoxy) is 1. The number of para-hydroxylation sites is 1. The Morgan fingerprint density at radius 2 is 1.95 bits per heavy atom. The molecule has 0 aromatic heterocycles. The molecule has 1 atom stereocenters. The van der Waals surface area contributed by atoms with E-state index in [1.807, 2.05) is 31.3 Å². The van der Waals surface area contributed by atoms with Gasteiger partial charge in [0.25, 0.3) is 0 Å². The molecule has 2 aromatic rings. The maximum atomic E-state index is 13.1. The molecule has 1 unspecified atom stereocenters. The summed E-state index contributed by atoms with van der Waals surface area (Å²) in [6, 6.07) is 12.5. The van der Waals surface area contributed by atoms with Crippen molar-refractivity contribution >= 4 is 15.9 Å². The molecule has 106 valence electrons. The average Bonchev–Trinajstić information content (AvgIpc) is 2.45. The Kier molecular flexibility index (Phi) is 5.15. The second-order valence-electron chi connectivity index (χ2n) is 4.46. The van der Waals surface area contributed by atoms with Crippen LogP contribution in [-0.2, 0) is 0 Å². The summed E-state index contributed by atoms with van der Waals surface area (Å²) in [5.74, 6) is 1.09. The number of nitrogens with one attached hydrogen (secondary N) is 1. The minimum atomic E-state index is -0.292. The van der Waals surface area contributed by atoms with E-state index >= 15 is 0 Å². The highest BCUT2D eigenvalue weighted by Crippen LogP contribution is 2.34. The van der Waals surface area contributed by atoms with Gasteiger partial charge in [0, 0.05) is 11.6 Å². The van der Waals surface area contributed by atoms with Gasteiger partial charge in [-0.25, -0.2) is 4.39 Å². The molecule has 0 saturated carbocycles. The zero-order valence-corrected chi connectivity index (χ0v) is 13.1. The number of halogens is 2. The summed E-state index contributed by atoms with van der Waals surface area (Å²) in [7, 11) is 1.93. The van der Waals surface area contributed by atoms with E-state index in [4.69, 9.17) is 4.74 Å². The van der Waals surface area contributed by atoms with Crippen molar-refractivity contribution in [1.29, 1.82) is 0 Å². The van der Waals surface area contributed by atoms with E-state index in [0.29, 0.717) is 10.2 Å². The predicted molar refractivity (Wildman–Crippen MR) is 82.7 cm³/mol. The van der Waals surface area contributed by atoms with Crippen LogP contribution in [0.2, 0.25) is 0 Å². The van der Waals surface area contributed by atoms with Crippen molar-refractivity contribution in [3.63, 3.8) is 0 Å². The smallest absolute Gasteiger partial charge is 0.141 e. The standard InChI is InChI=1S/C16H17BrFNO/c1-3-14(19-2)12-6-4-5-7-15(12)20-16-9-8-11(18)10-13(16)17/h4-10,14,19H,3H2,1-2H3. The minimum Gasteiger partial charge on any atom is -0.456 e. The van der Waals surface area contributed by atoms with E-state index in [9.17, 15) is 4.39 Å². The third-order valence-electron chi connectivity index (χ3n) is 3.16. The van der Waals surface area contributed by atoms with Crippen LogP contribution < -0.4 is 10.1 Å². The third-order valence-corrected chi connectivity index (χ3v) is 3.78. The molecule has 0 amide bonds. The molecule has 0 heterocycles. The molecular weight excluding hydrogens is 321 g/mol. The van der Waals surface area contributed by atoms with Crippen molar-refractivity contribution in [3.8, 4) is 11.5 Å². The monoisotopic (exact) mass is 337 g/mol.